The summed E-state index contributed by atoms with van der Waals surface area (Å²) in [6, 6.07) is 4.63. The summed E-state index contributed by atoms with van der Waals surface area (Å²) >= 11 is 0. The number of hydrogen-bond donors (Lipinski definition) is 1. The zero-order valence-electron chi connectivity index (χ0n) is 10.4. The predicted molar refractivity (Wildman–Crippen MR) is 67.8 cm³/mol. The number of nitrogens with two attached hydrogens (primary N) is 1. The number of fused-ring (bicyclic) bond motifs is 1. The summed E-state index contributed by atoms with van der Waals surface area (Å²) < 4.78 is 13.3. The lowest BCUT2D eigenvalue weighted by atomic mass is 9.95. The quantitative estimate of drug-likeness (QED) is 0.868. The average Bonchev–Trinajstić information content (AvgIpc) is 3.10. The van der Waals surface area contributed by atoms with Crippen LogP contribution in [-0.4, -0.2) is 18.0 Å². The number of carbonyl (C=O) groups is 1. The van der Waals surface area contributed by atoms with Crippen LogP contribution in [0, 0.1) is 11.7 Å². The lowest BCUT2D eigenvalue weighted by molar-refractivity contribution is -0.123. The molecule has 1 saturated carbocycles. The van der Waals surface area contributed by atoms with Crippen molar-refractivity contribution in [2.24, 2.45) is 11.7 Å². The van der Waals surface area contributed by atoms with Gasteiger partial charge in [-0.05, 0) is 49.8 Å². The van der Waals surface area contributed by atoms with E-state index in [4.69, 9.17) is 5.73 Å². The molecule has 2 N–H and O–H groups in total. The van der Waals surface area contributed by atoms with Gasteiger partial charge in [0.15, 0.2) is 0 Å². The van der Waals surface area contributed by atoms with E-state index in [1.165, 1.54) is 12.1 Å². The Morgan fingerprint density at radius 1 is 1.50 bits per heavy atom. The number of anilines is 1. The van der Waals surface area contributed by atoms with Crippen LogP contribution in [0.25, 0.3) is 0 Å². The Morgan fingerprint density at radius 3 is 2.89 bits per heavy atom. The van der Waals surface area contributed by atoms with Gasteiger partial charge < -0.3 is 10.6 Å². The molecule has 3 nitrogen and oxygen atoms in total. The van der Waals surface area contributed by atoms with Crippen molar-refractivity contribution in [1.29, 1.82) is 0 Å². The number of carbonyl (C=O) groups excluding carboxylic acids is 1. The first kappa shape index (κ1) is 11.7. The van der Waals surface area contributed by atoms with Gasteiger partial charge in [-0.15, -0.1) is 0 Å². The largest absolute Gasteiger partial charge is 0.317 e. The van der Waals surface area contributed by atoms with Crippen LogP contribution in [0.3, 0.4) is 0 Å². The molecule has 1 aromatic rings. The Balaban J connectivity index is 1.92. The van der Waals surface area contributed by atoms with Crippen molar-refractivity contribution in [3.63, 3.8) is 0 Å². The van der Waals surface area contributed by atoms with E-state index in [2.05, 4.69) is 0 Å². The van der Waals surface area contributed by atoms with Crippen LogP contribution >= 0.6 is 0 Å². The summed E-state index contributed by atoms with van der Waals surface area (Å²) in [5, 5.41) is 0. The Bertz CT molecular complexity index is 509. The number of nitrogens with zero attached hydrogens (tertiary/aromatic N) is 1. The van der Waals surface area contributed by atoms with Gasteiger partial charge in [0.25, 0.3) is 0 Å². The maximum Gasteiger partial charge on any atom is 0.247 e. The number of rotatable bonds is 2. The molecule has 1 fully saturated rings. The summed E-state index contributed by atoms with van der Waals surface area (Å²) in [6.45, 7) is 2.40. The maximum atomic E-state index is 13.3. The van der Waals surface area contributed by atoms with Crippen LogP contribution in [0.4, 0.5) is 10.1 Å². The van der Waals surface area contributed by atoms with Crippen LogP contribution in [-0.2, 0) is 11.2 Å². The molecule has 1 unspecified atom stereocenters. The molecule has 0 bridgehead atoms. The van der Waals surface area contributed by atoms with E-state index in [9.17, 15) is 9.18 Å². The van der Waals surface area contributed by atoms with E-state index >= 15 is 0 Å². The second-order valence-corrected chi connectivity index (χ2v) is 5.54. The van der Waals surface area contributed by atoms with Crippen LogP contribution in [0.5, 0.6) is 0 Å². The Hall–Kier alpha value is -1.42. The third kappa shape index (κ3) is 1.72. The number of amides is 1. The molecule has 1 heterocycles. The minimum atomic E-state index is -0.812. The van der Waals surface area contributed by atoms with Crippen LogP contribution in [0.15, 0.2) is 18.2 Å². The molecule has 3 rings (SSSR count). The molecule has 1 aromatic carbocycles. The first-order chi connectivity index (χ1) is 8.50. The normalized spacial score (nSPS) is 21.6. The second kappa shape index (κ2) is 3.79. The van der Waals surface area contributed by atoms with Gasteiger partial charge in [0.1, 0.15) is 5.82 Å². The molecule has 18 heavy (non-hydrogen) atoms. The molecule has 2 aliphatic rings. The smallest absolute Gasteiger partial charge is 0.247 e. The van der Waals surface area contributed by atoms with Gasteiger partial charge >= 0.3 is 0 Å². The monoisotopic (exact) mass is 248 g/mol. The molecule has 0 radical (unpaired) electrons. The minimum Gasteiger partial charge on any atom is -0.317 e. The number of benzene rings is 1. The number of halogens is 1. The van der Waals surface area contributed by atoms with E-state index in [0.29, 0.717) is 12.2 Å². The Kier molecular flexibility index (Phi) is 2.45. The van der Waals surface area contributed by atoms with Crippen LogP contribution in [0.1, 0.15) is 25.3 Å². The molecule has 96 valence electrons. The van der Waals surface area contributed by atoms with Gasteiger partial charge in [0, 0.05) is 12.2 Å². The Labute approximate surface area is 106 Å². The molecule has 4 heteroatoms. The third-order valence-electron chi connectivity index (χ3n) is 4.07. The van der Waals surface area contributed by atoms with E-state index < -0.39 is 5.54 Å². The standard InChI is InChI=1S/C14H17FN2O/c1-14(16,10-3-4-10)13(18)17-7-6-9-2-5-11(15)8-12(9)17/h2,5,8,10H,3-4,6-7,16H2,1H3. The zero-order valence-corrected chi connectivity index (χ0v) is 10.4. The van der Waals surface area contributed by atoms with Crippen LogP contribution < -0.4 is 10.6 Å². The molecule has 1 aliphatic carbocycles. The fourth-order valence-electron chi connectivity index (χ4n) is 2.71. The summed E-state index contributed by atoms with van der Waals surface area (Å²) in [7, 11) is 0. The highest BCUT2D eigenvalue weighted by atomic mass is 19.1. The second-order valence-electron chi connectivity index (χ2n) is 5.54. The van der Waals surface area contributed by atoms with Gasteiger partial charge in [-0.2, -0.15) is 0 Å². The van der Waals surface area contributed by atoms with E-state index in [1.807, 2.05) is 0 Å². The van der Waals surface area contributed by atoms with Crippen molar-refractivity contribution < 1.29 is 9.18 Å². The van der Waals surface area contributed by atoms with Gasteiger partial charge in [0.05, 0.1) is 5.54 Å². The molecule has 1 atom stereocenters. The molecule has 1 aliphatic heterocycles. The van der Waals surface area contributed by atoms with Gasteiger partial charge in [-0.1, -0.05) is 6.07 Å². The zero-order chi connectivity index (χ0) is 12.9. The molecule has 0 saturated heterocycles. The first-order valence-corrected chi connectivity index (χ1v) is 6.39. The summed E-state index contributed by atoms with van der Waals surface area (Å²) in [5.74, 6) is -0.101. The van der Waals surface area contributed by atoms with E-state index in [0.717, 1.165) is 24.8 Å². The lowest BCUT2D eigenvalue weighted by Crippen LogP contribution is -2.54. The molecular formula is C14H17FN2O. The average molecular weight is 248 g/mol. The molecule has 0 spiro atoms. The van der Waals surface area contributed by atoms with Crippen molar-refractivity contribution in [1.82, 2.24) is 0 Å². The molecule has 0 aromatic heterocycles. The maximum absolute atomic E-state index is 13.3. The van der Waals surface area contributed by atoms with Crippen molar-refractivity contribution in [3.05, 3.63) is 29.6 Å². The van der Waals surface area contributed by atoms with E-state index in [-0.39, 0.29) is 17.6 Å². The van der Waals surface area contributed by atoms with Crippen molar-refractivity contribution >= 4 is 11.6 Å². The SMILES string of the molecule is CC(N)(C(=O)N1CCc2ccc(F)cc21)C1CC1. The topological polar surface area (TPSA) is 46.3 Å². The third-order valence-corrected chi connectivity index (χ3v) is 4.07. The van der Waals surface area contributed by atoms with Gasteiger partial charge in [-0.3, -0.25) is 4.79 Å². The molecular weight excluding hydrogens is 231 g/mol. The predicted octanol–water partition coefficient (Wildman–Crippen LogP) is 1.84. The van der Waals surface area contributed by atoms with Crippen molar-refractivity contribution in [2.45, 2.75) is 31.7 Å². The van der Waals surface area contributed by atoms with Crippen molar-refractivity contribution in [3.8, 4) is 0 Å². The Morgan fingerprint density at radius 2 is 2.22 bits per heavy atom. The molecule has 1 amide bonds. The summed E-state index contributed by atoms with van der Waals surface area (Å²) in [5.41, 5.74) is 7.06. The highest BCUT2D eigenvalue weighted by molar-refractivity contribution is 6.01. The number of hydrogen-bond acceptors (Lipinski definition) is 2. The van der Waals surface area contributed by atoms with Crippen molar-refractivity contribution in [2.75, 3.05) is 11.4 Å². The highest BCUT2D eigenvalue weighted by Gasteiger charge is 2.47. The minimum absolute atomic E-state index is 0.0747. The van der Waals surface area contributed by atoms with Gasteiger partial charge in [0.2, 0.25) is 5.91 Å². The summed E-state index contributed by atoms with van der Waals surface area (Å²) in [6.07, 6.45) is 2.81. The van der Waals surface area contributed by atoms with E-state index in [1.54, 1.807) is 17.9 Å². The van der Waals surface area contributed by atoms with Crippen LogP contribution in [0.2, 0.25) is 0 Å². The lowest BCUT2D eigenvalue weighted by Gasteiger charge is -2.29. The fourth-order valence-corrected chi connectivity index (χ4v) is 2.71. The highest BCUT2D eigenvalue weighted by Crippen LogP contribution is 2.40. The van der Waals surface area contributed by atoms with Gasteiger partial charge in [-0.25, -0.2) is 4.39 Å². The summed E-state index contributed by atoms with van der Waals surface area (Å²) in [4.78, 5) is 14.2. The fraction of sp³-hybridized carbons (Fsp3) is 0.500. The first-order valence-electron chi connectivity index (χ1n) is 6.39.